The molecule has 2 aromatic rings. The Kier molecular flexibility index (Phi) is 5.58. The fraction of sp³-hybridized carbons (Fsp3) is 0.250. The van der Waals surface area contributed by atoms with Gasteiger partial charge in [0.1, 0.15) is 6.04 Å². The lowest BCUT2D eigenvalue weighted by Gasteiger charge is -2.31. The van der Waals surface area contributed by atoms with Crippen LogP contribution >= 0.6 is 0 Å². The summed E-state index contributed by atoms with van der Waals surface area (Å²) in [7, 11) is 0. The molecule has 6 nitrogen and oxygen atoms in total. The lowest BCUT2D eigenvalue weighted by molar-refractivity contribution is -0.158. The number of amides is 2. The zero-order chi connectivity index (χ0) is 21.2. The van der Waals surface area contributed by atoms with Crippen molar-refractivity contribution in [1.29, 1.82) is 0 Å². The van der Waals surface area contributed by atoms with Crippen LogP contribution in [0.5, 0.6) is 0 Å². The van der Waals surface area contributed by atoms with Gasteiger partial charge < -0.3 is 10.1 Å². The molecule has 0 bridgehead atoms. The molecule has 1 aliphatic heterocycles. The van der Waals surface area contributed by atoms with Crippen LogP contribution in [-0.4, -0.2) is 36.6 Å². The smallest absolute Gasteiger partial charge is 0.409 e. The van der Waals surface area contributed by atoms with Crippen molar-refractivity contribution in [2.24, 2.45) is 0 Å². The number of nitrogens with one attached hydrogen (secondary N) is 1. The third-order valence-corrected chi connectivity index (χ3v) is 4.47. The van der Waals surface area contributed by atoms with E-state index in [1.54, 1.807) is 25.1 Å². The molecule has 9 heteroatoms. The first-order chi connectivity index (χ1) is 13.7. The van der Waals surface area contributed by atoms with Gasteiger partial charge in [-0.15, -0.1) is 0 Å². The molecular formula is C20H17F3N2O4. The predicted molar refractivity (Wildman–Crippen MR) is 98.5 cm³/mol. The second-order valence-electron chi connectivity index (χ2n) is 6.48. The quantitative estimate of drug-likeness (QED) is 0.793. The number of hydrogen-bond donors (Lipinski definition) is 1. The van der Waals surface area contributed by atoms with Crippen LogP contribution in [0.2, 0.25) is 0 Å². The SMILES string of the molecule is Cc1ccccc1C(=O)OCC(=O)N1c2ccccc2NC(=O)CC1C(F)(F)F. The summed E-state index contributed by atoms with van der Waals surface area (Å²) in [4.78, 5) is 37.3. The van der Waals surface area contributed by atoms with E-state index >= 15 is 0 Å². The molecule has 1 N–H and O–H groups in total. The van der Waals surface area contributed by atoms with Crippen molar-refractivity contribution in [3.8, 4) is 0 Å². The Morgan fingerprint density at radius 2 is 1.79 bits per heavy atom. The minimum absolute atomic E-state index is 0.0721. The summed E-state index contributed by atoms with van der Waals surface area (Å²) in [5, 5.41) is 2.37. The average Bonchev–Trinajstić information content (AvgIpc) is 2.81. The van der Waals surface area contributed by atoms with Crippen molar-refractivity contribution in [2.75, 3.05) is 16.8 Å². The number of carbonyl (C=O) groups excluding carboxylic acids is 3. The summed E-state index contributed by atoms with van der Waals surface area (Å²) in [6, 6.07) is 9.75. The van der Waals surface area contributed by atoms with Gasteiger partial charge >= 0.3 is 12.1 Å². The molecule has 0 spiro atoms. The van der Waals surface area contributed by atoms with Gasteiger partial charge in [-0.1, -0.05) is 30.3 Å². The van der Waals surface area contributed by atoms with Crippen LogP contribution in [0.3, 0.4) is 0 Å². The fourth-order valence-corrected chi connectivity index (χ4v) is 3.07. The van der Waals surface area contributed by atoms with Gasteiger partial charge in [0.2, 0.25) is 5.91 Å². The van der Waals surface area contributed by atoms with E-state index in [1.165, 1.54) is 30.3 Å². The molecule has 3 rings (SSSR count). The lowest BCUT2D eigenvalue weighted by Crippen LogP contribution is -2.51. The van der Waals surface area contributed by atoms with E-state index in [-0.39, 0.29) is 16.9 Å². The van der Waals surface area contributed by atoms with E-state index in [0.717, 1.165) is 0 Å². The Balaban J connectivity index is 1.88. The molecule has 2 aromatic carbocycles. The summed E-state index contributed by atoms with van der Waals surface area (Å²) >= 11 is 0. The first-order valence-corrected chi connectivity index (χ1v) is 8.69. The van der Waals surface area contributed by atoms with Crippen molar-refractivity contribution >= 4 is 29.2 Å². The minimum Gasteiger partial charge on any atom is -0.452 e. The largest absolute Gasteiger partial charge is 0.452 e. The van der Waals surface area contributed by atoms with Gasteiger partial charge in [0.15, 0.2) is 6.61 Å². The number of aryl methyl sites for hydroxylation is 1. The number of alkyl halides is 3. The predicted octanol–water partition coefficient (Wildman–Crippen LogP) is 3.46. The number of hydrogen-bond acceptors (Lipinski definition) is 4. The van der Waals surface area contributed by atoms with Crippen molar-refractivity contribution in [1.82, 2.24) is 0 Å². The van der Waals surface area contributed by atoms with E-state index in [4.69, 9.17) is 4.74 Å². The lowest BCUT2D eigenvalue weighted by atomic mass is 10.1. The number of ether oxygens (including phenoxy) is 1. The zero-order valence-electron chi connectivity index (χ0n) is 15.3. The van der Waals surface area contributed by atoms with E-state index in [0.29, 0.717) is 10.5 Å². The molecule has 29 heavy (non-hydrogen) atoms. The van der Waals surface area contributed by atoms with Crippen LogP contribution in [-0.2, 0) is 14.3 Å². The minimum atomic E-state index is -4.86. The molecule has 1 unspecified atom stereocenters. The molecule has 0 radical (unpaired) electrons. The van der Waals surface area contributed by atoms with E-state index in [2.05, 4.69) is 5.32 Å². The van der Waals surface area contributed by atoms with Crippen molar-refractivity contribution in [3.63, 3.8) is 0 Å². The zero-order valence-corrected chi connectivity index (χ0v) is 15.3. The number of para-hydroxylation sites is 2. The van der Waals surface area contributed by atoms with Gasteiger partial charge in [0, 0.05) is 0 Å². The van der Waals surface area contributed by atoms with Crippen LogP contribution in [0.15, 0.2) is 48.5 Å². The number of anilines is 2. The Morgan fingerprint density at radius 3 is 2.48 bits per heavy atom. The molecule has 152 valence electrons. The molecular weight excluding hydrogens is 389 g/mol. The van der Waals surface area contributed by atoms with Crippen molar-refractivity contribution in [3.05, 3.63) is 59.7 Å². The highest BCUT2D eigenvalue weighted by molar-refractivity contribution is 6.05. The van der Waals surface area contributed by atoms with E-state index < -0.39 is 43.0 Å². The maximum absolute atomic E-state index is 13.6. The second-order valence-corrected chi connectivity index (χ2v) is 6.48. The standard InChI is InChI=1S/C20H17F3N2O4/c1-12-6-2-3-7-13(12)19(28)29-11-18(27)25-15-9-5-4-8-14(15)24-17(26)10-16(25)20(21,22)23/h2-9,16H,10-11H2,1H3,(H,24,26). The number of benzene rings is 2. The highest BCUT2D eigenvalue weighted by Crippen LogP contribution is 2.37. The fourth-order valence-electron chi connectivity index (χ4n) is 3.07. The van der Waals surface area contributed by atoms with Crippen LogP contribution in [0.1, 0.15) is 22.3 Å². The molecule has 1 atom stereocenters. The number of rotatable bonds is 3. The normalized spacial score (nSPS) is 16.5. The van der Waals surface area contributed by atoms with Gasteiger partial charge in [-0.05, 0) is 30.7 Å². The van der Waals surface area contributed by atoms with Crippen molar-refractivity contribution in [2.45, 2.75) is 25.6 Å². The van der Waals surface area contributed by atoms with Gasteiger partial charge in [0.05, 0.1) is 23.4 Å². The third-order valence-electron chi connectivity index (χ3n) is 4.47. The maximum atomic E-state index is 13.6. The Labute approximate surface area is 164 Å². The number of fused-ring (bicyclic) bond motifs is 1. The molecule has 0 aliphatic carbocycles. The Bertz CT molecular complexity index is 959. The van der Waals surface area contributed by atoms with Gasteiger partial charge in [0.25, 0.3) is 5.91 Å². The van der Waals surface area contributed by atoms with E-state index in [1.807, 2.05) is 0 Å². The first kappa shape index (κ1) is 20.4. The second kappa shape index (κ2) is 7.94. The third kappa shape index (κ3) is 4.39. The maximum Gasteiger partial charge on any atom is 0.409 e. The number of carbonyl (C=O) groups is 3. The van der Waals surface area contributed by atoms with Crippen LogP contribution in [0, 0.1) is 6.92 Å². The molecule has 1 heterocycles. The molecule has 0 saturated carbocycles. The van der Waals surface area contributed by atoms with Crippen LogP contribution in [0.4, 0.5) is 24.5 Å². The Morgan fingerprint density at radius 1 is 1.14 bits per heavy atom. The summed E-state index contributed by atoms with van der Waals surface area (Å²) in [6.07, 6.45) is -5.82. The molecule has 0 fully saturated rings. The summed E-state index contributed by atoms with van der Waals surface area (Å²) in [5.41, 5.74) is 0.772. The van der Waals surface area contributed by atoms with E-state index in [9.17, 15) is 27.6 Å². The summed E-state index contributed by atoms with van der Waals surface area (Å²) in [5.74, 6) is -2.78. The number of nitrogens with zero attached hydrogens (tertiary/aromatic N) is 1. The number of esters is 1. The Hall–Kier alpha value is -3.36. The molecule has 0 aromatic heterocycles. The molecule has 0 saturated heterocycles. The molecule has 1 aliphatic rings. The highest BCUT2D eigenvalue weighted by Gasteiger charge is 2.49. The van der Waals surface area contributed by atoms with Gasteiger partial charge in [-0.25, -0.2) is 4.79 Å². The van der Waals surface area contributed by atoms with Crippen LogP contribution in [0.25, 0.3) is 0 Å². The summed E-state index contributed by atoms with van der Waals surface area (Å²) in [6.45, 7) is 0.767. The van der Waals surface area contributed by atoms with Crippen LogP contribution < -0.4 is 10.2 Å². The first-order valence-electron chi connectivity index (χ1n) is 8.69. The van der Waals surface area contributed by atoms with Gasteiger partial charge in [-0.3, -0.25) is 14.5 Å². The number of halogens is 3. The van der Waals surface area contributed by atoms with Gasteiger partial charge in [-0.2, -0.15) is 13.2 Å². The monoisotopic (exact) mass is 406 g/mol. The highest BCUT2D eigenvalue weighted by atomic mass is 19.4. The molecule has 2 amide bonds. The topological polar surface area (TPSA) is 75.7 Å². The average molecular weight is 406 g/mol. The summed E-state index contributed by atoms with van der Waals surface area (Å²) < 4.78 is 45.9. The van der Waals surface area contributed by atoms with Crippen molar-refractivity contribution < 1.29 is 32.3 Å².